The van der Waals surface area contributed by atoms with E-state index in [0.29, 0.717) is 0 Å². The van der Waals surface area contributed by atoms with Gasteiger partial charge in [-0.25, -0.2) is 0 Å². The van der Waals surface area contributed by atoms with Crippen molar-refractivity contribution in [1.82, 2.24) is 5.32 Å². The number of rotatable bonds is 3. The van der Waals surface area contributed by atoms with Crippen LogP contribution in [0.3, 0.4) is 0 Å². The average Bonchev–Trinajstić information content (AvgIpc) is 2.38. The maximum Gasteiger partial charge on any atom is 0.281 e. The Balaban J connectivity index is 2.11. The minimum Gasteiger partial charge on any atom is -0.316 e. The molecule has 1 aromatic carbocycles. The normalized spacial score (nSPS) is 21.3. The van der Waals surface area contributed by atoms with Crippen molar-refractivity contribution in [2.24, 2.45) is 10.3 Å². The molecule has 1 saturated heterocycles. The van der Waals surface area contributed by atoms with Crippen molar-refractivity contribution in [3.05, 3.63) is 29.8 Å². The lowest BCUT2D eigenvalue weighted by molar-refractivity contribution is 0.463. The molecular weight excluding hydrogens is 248 g/mol. The highest BCUT2D eigenvalue weighted by molar-refractivity contribution is 7.90. The monoisotopic (exact) mass is 266 g/mol. The molecule has 2 rings (SSSR count). The Morgan fingerprint density at radius 2 is 2.06 bits per heavy atom. The summed E-state index contributed by atoms with van der Waals surface area (Å²) in [6.07, 6.45) is 3.64. The molecule has 98 valence electrons. The second-order valence-corrected chi connectivity index (χ2v) is 6.28. The summed E-state index contributed by atoms with van der Waals surface area (Å²) >= 11 is 0. The van der Waals surface area contributed by atoms with Gasteiger partial charge in [0.1, 0.15) is 0 Å². The molecule has 1 atom stereocenters. The van der Waals surface area contributed by atoms with Gasteiger partial charge < -0.3 is 5.32 Å². The number of piperidine rings is 1. The molecule has 0 aliphatic carbocycles. The Morgan fingerprint density at radius 3 is 2.67 bits per heavy atom. The first kappa shape index (κ1) is 13.2. The summed E-state index contributed by atoms with van der Waals surface area (Å²) < 4.78 is 27.7. The molecule has 1 aliphatic heterocycles. The molecular formula is C13H18N2O2S. The van der Waals surface area contributed by atoms with E-state index in [-0.39, 0.29) is 10.8 Å². The fraction of sp³-hybridized carbons (Fsp3) is 0.462. The second kappa shape index (κ2) is 5.63. The van der Waals surface area contributed by atoms with E-state index < -0.39 is 10.0 Å². The van der Waals surface area contributed by atoms with Crippen molar-refractivity contribution in [1.29, 1.82) is 0 Å². The molecule has 5 heteroatoms. The molecule has 0 radical (unpaired) electrons. The van der Waals surface area contributed by atoms with Crippen LogP contribution in [0.2, 0.25) is 0 Å². The van der Waals surface area contributed by atoms with Crippen LogP contribution < -0.4 is 5.32 Å². The van der Waals surface area contributed by atoms with Crippen LogP contribution in [0.5, 0.6) is 0 Å². The topological polar surface area (TPSA) is 58.5 Å². The first-order valence-corrected chi connectivity index (χ1v) is 7.60. The quantitative estimate of drug-likeness (QED) is 0.848. The maximum atomic E-state index is 12.0. The Labute approximate surface area is 108 Å². The fourth-order valence-corrected chi connectivity index (χ4v) is 2.88. The summed E-state index contributed by atoms with van der Waals surface area (Å²) in [7, 11) is -3.53. The molecule has 0 unspecified atom stereocenters. The van der Waals surface area contributed by atoms with Gasteiger partial charge in [-0.2, -0.15) is 12.8 Å². The van der Waals surface area contributed by atoms with Gasteiger partial charge in [0.25, 0.3) is 10.0 Å². The highest BCUT2D eigenvalue weighted by Gasteiger charge is 2.14. The first-order valence-electron chi connectivity index (χ1n) is 6.16. The number of hydrogen-bond donors (Lipinski definition) is 1. The van der Waals surface area contributed by atoms with Crippen molar-refractivity contribution >= 4 is 16.2 Å². The van der Waals surface area contributed by atoms with Gasteiger partial charge in [0.2, 0.25) is 0 Å². The SMILES string of the molecule is Cc1ccc(S(=O)(=O)/N=C/[C@@H]2CCCNC2)cc1. The van der Waals surface area contributed by atoms with Crippen LogP contribution >= 0.6 is 0 Å². The summed E-state index contributed by atoms with van der Waals surface area (Å²) in [4.78, 5) is 0.258. The third-order valence-corrected chi connectivity index (χ3v) is 4.33. The third kappa shape index (κ3) is 3.40. The maximum absolute atomic E-state index is 12.0. The van der Waals surface area contributed by atoms with Gasteiger partial charge >= 0.3 is 0 Å². The summed E-state index contributed by atoms with van der Waals surface area (Å²) in [5.74, 6) is 0.221. The zero-order chi connectivity index (χ0) is 13.0. The van der Waals surface area contributed by atoms with Gasteiger partial charge in [0, 0.05) is 18.7 Å². The van der Waals surface area contributed by atoms with E-state index in [0.717, 1.165) is 31.5 Å². The Hall–Kier alpha value is -1.20. The standard InChI is InChI=1S/C13H18N2O2S/c1-11-4-6-13(7-5-11)18(16,17)15-10-12-3-2-8-14-9-12/h4-7,10,12,14H,2-3,8-9H2,1H3/b15-10+/t12-/m1/s1. The summed E-state index contributed by atoms with van der Waals surface area (Å²) in [6.45, 7) is 3.75. The Bertz CT molecular complexity index is 514. The minimum atomic E-state index is -3.53. The van der Waals surface area contributed by atoms with E-state index >= 15 is 0 Å². The minimum absolute atomic E-state index is 0.221. The van der Waals surface area contributed by atoms with Crippen LogP contribution in [0.4, 0.5) is 0 Å². The van der Waals surface area contributed by atoms with Crippen molar-refractivity contribution in [2.75, 3.05) is 13.1 Å². The van der Waals surface area contributed by atoms with E-state index in [1.165, 1.54) is 0 Å². The highest BCUT2D eigenvalue weighted by atomic mass is 32.2. The first-order chi connectivity index (χ1) is 8.58. The lowest BCUT2D eigenvalue weighted by atomic mass is 10.0. The van der Waals surface area contributed by atoms with Crippen LogP contribution in [0, 0.1) is 12.8 Å². The van der Waals surface area contributed by atoms with E-state index in [9.17, 15) is 8.42 Å². The molecule has 1 heterocycles. The largest absolute Gasteiger partial charge is 0.316 e. The van der Waals surface area contributed by atoms with Gasteiger partial charge in [-0.05, 0) is 38.4 Å². The van der Waals surface area contributed by atoms with Crippen molar-refractivity contribution in [3.63, 3.8) is 0 Å². The fourth-order valence-electron chi connectivity index (χ4n) is 1.94. The summed E-state index contributed by atoms with van der Waals surface area (Å²) in [6, 6.07) is 6.76. The molecule has 1 aromatic rings. The molecule has 0 aromatic heterocycles. The average molecular weight is 266 g/mol. The molecule has 0 saturated carbocycles. The Kier molecular flexibility index (Phi) is 4.14. The second-order valence-electron chi connectivity index (χ2n) is 4.65. The summed E-state index contributed by atoms with van der Waals surface area (Å²) in [5, 5.41) is 3.23. The van der Waals surface area contributed by atoms with Crippen LogP contribution in [-0.4, -0.2) is 27.7 Å². The molecule has 1 aliphatic rings. The van der Waals surface area contributed by atoms with E-state index in [1.54, 1.807) is 30.5 Å². The van der Waals surface area contributed by atoms with Crippen LogP contribution in [0.1, 0.15) is 18.4 Å². The van der Waals surface area contributed by atoms with Gasteiger partial charge in [-0.3, -0.25) is 0 Å². The Morgan fingerprint density at radius 1 is 1.33 bits per heavy atom. The zero-order valence-electron chi connectivity index (χ0n) is 10.5. The van der Waals surface area contributed by atoms with Crippen LogP contribution in [-0.2, 0) is 10.0 Å². The van der Waals surface area contributed by atoms with Crippen LogP contribution in [0.25, 0.3) is 0 Å². The van der Waals surface area contributed by atoms with Gasteiger partial charge in [-0.15, -0.1) is 0 Å². The van der Waals surface area contributed by atoms with Crippen molar-refractivity contribution in [2.45, 2.75) is 24.7 Å². The smallest absolute Gasteiger partial charge is 0.281 e. The predicted octanol–water partition coefficient (Wildman–Crippen LogP) is 1.75. The molecule has 1 N–H and O–H groups in total. The molecule has 0 bridgehead atoms. The predicted molar refractivity (Wildman–Crippen MR) is 72.5 cm³/mol. The number of hydrogen-bond acceptors (Lipinski definition) is 3. The van der Waals surface area contributed by atoms with Crippen molar-refractivity contribution in [3.8, 4) is 0 Å². The number of aryl methyl sites for hydroxylation is 1. The van der Waals surface area contributed by atoms with Gasteiger partial charge in [0.05, 0.1) is 4.90 Å². The van der Waals surface area contributed by atoms with E-state index in [2.05, 4.69) is 9.71 Å². The van der Waals surface area contributed by atoms with Crippen molar-refractivity contribution < 1.29 is 8.42 Å². The molecule has 0 spiro atoms. The number of nitrogens with zero attached hydrogens (tertiary/aromatic N) is 1. The number of nitrogens with one attached hydrogen (secondary N) is 1. The number of benzene rings is 1. The molecule has 1 fully saturated rings. The molecule has 0 amide bonds. The molecule has 4 nitrogen and oxygen atoms in total. The zero-order valence-corrected chi connectivity index (χ0v) is 11.3. The number of sulfonamides is 1. The molecule has 18 heavy (non-hydrogen) atoms. The van der Waals surface area contributed by atoms with Gasteiger partial charge in [-0.1, -0.05) is 17.7 Å². The lowest BCUT2D eigenvalue weighted by Crippen LogP contribution is -2.30. The van der Waals surface area contributed by atoms with Crippen LogP contribution in [0.15, 0.2) is 33.6 Å². The van der Waals surface area contributed by atoms with Gasteiger partial charge in [0.15, 0.2) is 0 Å². The summed E-state index contributed by atoms with van der Waals surface area (Å²) in [5.41, 5.74) is 1.04. The third-order valence-electron chi connectivity index (χ3n) is 3.06. The van der Waals surface area contributed by atoms with E-state index in [4.69, 9.17) is 0 Å². The lowest BCUT2D eigenvalue weighted by Gasteiger charge is -2.18. The van der Waals surface area contributed by atoms with E-state index in [1.807, 2.05) is 6.92 Å². The highest BCUT2D eigenvalue weighted by Crippen LogP contribution is 2.14.